The molecule has 0 spiro atoms. The van der Waals surface area contributed by atoms with Crippen LogP contribution in [0.2, 0.25) is 0 Å². The van der Waals surface area contributed by atoms with Crippen LogP contribution < -0.4 is 10.6 Å². The third-order valence-corrected chi connectivity index (χ3v) is 4.06. The fraction of sp³-hybridized carbons (Fsp3) is 0.450. The van der Waals surface area contributed by atoms with E-state index in [0.717, 1.165) is 29.8 Å². The van der Waals surface area contributed by atoms with Crippen LogP contribution >= 0.6 is 0 Å². The van der Waals surface area contributed by atoms with Gasteiger partial charge in [-0.15, -0.1) is 0 Å². The maximum absolute atomic E-state index is 12.6. The molecule has 5 heteroatoms. The molecule has 0 radical (unpaired) electrons. The quantitative estimate of drug-likeness (QED) is 0.772. The van der Waals surface area contributed by atoms with E-state index in [1.807, 2.05) is 25.1 Å². The second kappa shape index (κ2) is 8.60. The summed E-state index contributed by atoms with van der Waals surface area (Å²) in [6.07, 6.45) is 2.64. The van der Waals surface area contributed by atoms with Crippen LogP contribution in [-0.2, 0) is 0 Å². The van der Waals surface area contributed by atoms with Crippen molar-refractivity contribution in [3.05, 3.63) is 47.3 Å². The first-order chi connectivity index (χ1) is 11.9. The van der Waals surface area contributed by atoms with Gasteiger partial charge >= 0.3 is 0 Å². The molecule has 0 atom stereocenters. The number of rotatable bonds is 7. The minimum absolute atomic E-state index is 0.217. The minimum Gasteiger partial charge on any atom is -0.354 e. The van der Waals surface area contributed by atoms with Crippen LogP contribution in [0.25, 0.3) is 0 Å². The Morgan fingerprint density at radius 2 is 1.92 bits per heavy atom. The fourth-order valence-corrected chi connectivity index (χ4v) is 2.56. The molecule has 2 N–H and O–H groups in total. The second-order valence-corrected chi connectivity index (χ2v) is 7.02. The number of carbonyl (C=O) groups excluding carboxylic acids is 1. The maximum atomic E-state index is 12.6. The van der Waals surface area contributed by atoms with Gasteiger partial charge < -0.3 is 10.6 Å². The molecular formula is C20H28N4O. The molecule has 1 amide bonds. The first kappa shape index (κ1) is 18.9. The van der Waals surface area contributed by atoms with E-state index in [-0.39, 0.29) is 5.91 Å². The lowest BCUT2D eigenvalue weighted by Gasteiger charge is -2.16. The molecule has 5 nitrogen and oxygen atoms in total. The molecule has 0 fully saturated rings. The molecule has 0 bridgehead atoms. The van der Waals surface area contributed by atoms with Crippen LogP contribution in [-0.4, -0.2) is 22.4 Å². The Labute approximate surface area is 150 Å². The first-order valence-electron chi connectivity index (χ1n) is 8.86. The predicted molar refractivity (Wildman–Crippen MR) is 103 cm³/mol. The lowest BCUT2D eigenvalue weighted by Crippen LogP contribution is -2.17. The Morgan fingerprint density at radius 3 is 2.60 bits per heavy atom. The third kappa shape index (κ3) is 5.28. The van der Waals surface area contributed by atoms with Crippen molar-refractivity contribution in [1.82, 2.24) is 9.97 Å². The Morgan fingerprint density at radius 1 is 1.16 bits per heavy atom. The van der Waals surface area contributed by atoms with E-state index in [0.29, 0.717) is 23.5 Å². The zero-order valence-electron chi connectivity index (χ0n) is 15.8. The Bertz CT molecular complexity index is 725. The van der Waals surface area contributed by atoms with E-state index >= 15 is 0 Å². The van der Waals surface area contributed by atoms with E-state index in [1.54, 1.807) is 12.3 Å². The molecule has 2 aromatic rings. The van der Waals surface area contributed by atoms with Crippen LogP contribution in [0.4, 0.5) is 11.6 Å². The van der Waals surface area contributed by atoms with Crippen molar-refractivity contribution in [2.75, 3.05) is 17.2 Å². The van der Waals surface area contributed by atoms with Crippen LogP contribution in [0.1, 0.15) is 61.6 Å². The van der Waals surface area contributed by atoms with Crippen LogP contribution in [0, 0.1) is 12.8 Å². The molecule has 25 heavy (non-hydrogen) atoms. The highest BCUT2D eigenvalue weighted by molar-refractivity contribution is 6.03. The van der Waals surface area contributed by atoms with E-state index in [4.69, 9.17) is 0 Å². The number of anilines is 2. The van der Waals surface area contributed by atoms with Crippen molar-refractivity contribution in [2.45, 2.75) is 47.0 Å². The van der Waals surface area contributed by atoms with Gasteiger partial charge in [0.15, 0.2) is 0 Å². The van der Waals surface area contributed by atoms with E-state index in [9.17, 15) is 4.79 Å². The summed E-state index contributed by atoms with van der Waals surface area (Å²) in [7, 11) is 0. The molecule has 134 valence electrons. The van der Waals surface area contributed by atoms with Crippen molar-refractivity contribution in [3.8, 4) is 0 Å². The van der Waals surface area contributed by atoms with E-state index in [1.165, 1.54) is 0 Å². The number of carbonyl (C=O) groups is 1. The molecule has 1 heterocycles. The zero-order chi connectivity index (χ0) is 18.4. The molecule has 0 aliphatic heterocycles. The van der Waals surface area contributed by atoms with Crippen molar-refractivity contribution in [2.24, 2.45) is 5.92 Å². The van der Waals surface area contributed by atoms with Gasteiger partial charge in [-0.3, -0.25) is 4.79 Å². The molecule has 0 saturated heterocycles. The van der Waals surface area contributed by atoms with Gasteiger partial charge in [0.25, 0.3) is 5.91 Å². The zero-order valence-corrected chi connectivity index (χ0v) is 15.8. The molecule has 2 rings (SSSR count). The number of nitrogens with zero attached hydrogens (tertiary/aromatic N) is 2. The van der Waals surface area contributed by atoms with Crippen LogP contribution in [0.5, 0.6) is 0 Å². The van der Waals surface area contributed by atoms with Crippen molar-refractivity contribution < 1.29 is 4.79 Å². The summed E-state index contributed by atoms with van der Waals surface area (Å²) >= 11 is 0. The smallest absolute Gasteiger partial charge is 0.274 e. The van der Waals surface area contributed by atoms with E-state index < -0.39 is 0 Å². The monoisotopic (exact) mass is 340 g/mol. The second-order valence-electron chi connectivity index (χ2n) is 7.02. The molecular weight excluding hydrogens is 312 g/mol. The summed E-state index contributed by atoms with van der Waals surface area (Å²) in [6.45, 7) is 11.4. The number of benzene rings is 1. The van der Waals surface area contributed by atoms with Crippen LogP contribution in [0.15, 0.2) is 30.5 Å². The highest BCUT2D eigenvalue weighted by Crippen LogP contribution is 2.27. The number of amides is 1. The highest BCUT2D eigenvalue weighted by atomic mass is 16.1. The number of nitrogens with one attached hydrogen (secondary N) is 2. The fourth-order valence-electron chi connectivity index (χ4n) is 2.56. The molecule has 1 aromatic heterocycles. The average Bonchev–Trinajstić information content (AvgIpc) is 2.56. The summed E-state index contributed by atoms with van der Waals surface area (Å²) in [6, 6.07) is 7.70. The summed E-state index contributed by atoms with van der Waals surface area (Å²) in [4.78, 5) is 21.2. The van der Waals surface area contributed by atoms with Gasteiger partial charge in [0, 0.05) is 18.4 Å². The Balaban J connectivity index is 2.14. The predicted octanol–water partition coefficient (Wildman–Crippen LogP) is 4.62. The summed E-state index contributed by atoms with van der Waals surface area (Å²) in [5.74, 6) is 1.20. The highest BCUT2D eigenvalue weighted by Gasteiger charge is 2.14. The average molecular weight is 340 g/mol. The Kier molecular flexibility index (Phi) is 6.51. The van der Waals surface area contributed by atoms with Gasteiger partial charge in [-0.2, -0.15) is 0 Å². The topological polar surface area (TPSA) is 66.9 Å². The molecule has 0 unspecified atom stereocenters. The van der Waals surface area contributed by atoms with E-state index in [2.05, 4.69) is 48.3 Å². The van der Waals surface area contributed by atoms with Gasteiger partial charge in [-0.1, -0.05) is 45.9 Å². The molecule has 0 aliphatic carbocycles. The number of aromatic nitrogens is 2. The van der Waals surface area contributed by atoms with Gasteiger partial charge in [-0.25, -0.2) is 9.97 Å². The number of para-hydroxylation sites is 1. The Hall–Kier alpha value is -2.43. The van der Waals surface area contributed by atoms with Crippen molar-refractivity contribution in [3.63, 3.8) is 0 Å². The molecule has 0 aliphatic rings. The van der Waals surface area contributed by atoms with Crippen molar-refractivity contribution in [1.29, 1.82) is 0 Å². The van der Waals surface area contributed by atoms with Gasteiger partial charge in [0.05, 0.1) is 0 Å². The van der Waals surface area contributed by atoms with Gasteiger partial charge in [0.2, 0.25) is 5.95 Å². The third-order valence-electron chi connectivity index (χ3n) is 4.06. The van der Waals surface area contributed by atoms with Crippen LogP contribution in [0.3, 0.4) is 0 Å². The summed E-state index contributed by atoms with van der Waals surface area (Å²) in [5, 5.41) is 6.19. The minimum atomic E-state index is -0.217. The van der Waals surface area contributed by atoms with Gasteiger partial charge in [-0.05, 0) is 42.4 Å². The summed E-state index contributed by atoms with van der Waals surface area (Å²) in [5.41, 5.74) is 3.40. The number of aryl methyl sites for hydroxylation is 1. The number of hydrogen-bond donors (Lipinski definition) is 2. The van der Waals surface area contributed by atoms with Gasteiger partial charge in [0.1, 0.15) is 5.69 Å². The standard InChI is InChI=1S/C20H28N4O/c1-13(2)9-11-21-20-22-12-10-17(23-20)19(25)24-18-15(5)7-6-8-16(18)14(3)4/h6-8,10,12-14H,9,11H2,1-5H3,(H,24,25)(H,21,22,23). The summed E-state index contributed by atoms with van der Waals surface area (Å²) < 4.78 is 0. The maximum Gasteiger partial charge on any atom is 0.274 e. The SMILES string of the molecule is Cc1cccc(C(C)C)c1NC(=O)c1ccnc(NCCC(C)C)n1. The first-order valence-corrected chi connectivity index (χ1v) is 8.86. The van der Waals surface area contributed by atoms with Crippen molar-refractivity contribution >= 4 is 17.5 Å². The largest absolute Gasteiger partial charge is 0.354 e. The number of hydrogen-bond acceptors (Lipinski definition) is 4. The molecule has 1 aromatic carbocycles. The normalized spacial score (nSPS) is 11.0. The lowest BCUT2D eigenvalue weighted by atomic mass is 9.98. The lowest BCUT2D eigenvalue weighted by molar-refractivity contribution is 0.102. The molecule has 0 saturated carbocycles.